The van der Waals surface area contributed by atoms with Crippen LogP contribution in [0.4, 0.5) is 0 Å². The number of phenolic OH excluding ortho intramolecular Hbond substituents is 2. The molecule has 0 aliphatic heterocycles. The number of hydrogen-bond acceptors (Lipinski definition) is 6. The quantitative estimate of drug-likeness (QED) is 0.190. The number of aliphatic hydroxyl groups excluding tert-OH is 2. The van der Waals surface area contributed by atoms with Crippen molar-refractivity contribution in [2.75, 3.05) is 13.2 Å². The van der Waals surface area contributed by atoms with Crippen molar-refractivity contribution in [1.29, 1.82) is 0 Å². The first-order valence-corrected chi connectivity index (χ1v) is 18.0. The van der Waals surface area contributed by atoms with Gasteiger partial charge in [-0.2, -0.15) is 0 Å². The van der Waals surface area contributed by atoms with E-state index in [1.807, 2.05) is 0 Å². The molecule has 1 aromatic rings. The summed E-state index contributed by atoms with van der Waals surface area (Å²) in [4.78, 5) is 13.0. The van der Waals surface area contributed by atoms with Crippen LogP contribution in [-0.2, 0) is 16.0 Å². The van der Waals surface area contributed by atoms with Crippen LogP contribution >= 0.6 is 0 Å². The molecule has 5 aliphatic rings. The molecule has 6 rings (SSSR count). The number of phenols is 2. The number of rotatable bonds is 6. The highest BCUT2D eigenvalue weighted by Gasteiger charge is 2.70. The molecule has 0 unspecified atom stereocenters. The maximum absolute atomic E-state index is 13.0. The lowest BCUT2D eigenvalue weighted by atomic mass is 9.31. The maximum Gasteiger partial charge on any atom is 0.306 e. The fourth-order valence-electron chi connectivity index (χ4n) is 12.7. The van der Waals surface area contributed by atoms with Gasteiger partial charge in [-0.3, -0.25) is 4.79 Å². The number of fused-ring (bicyclic) bond motifs is 7. The number of aryl methyl sites for hydroxylation is 1. The molecule has 0 saturated heterocycles. The number of benzene rings is 1. The van der Waals surface area contributed by atoms with Gasteiger partial charge in [0, 0.05) is 18.4 Å². The number of ether oxygens (including phenoxy) is 1. The molecule has 5 aliphatic carbocycles. The second-order valence-electron chi connectivity index (χ2n) is 18.2. The van der Waals surface area contributed by atoms with Gasteiger partial charge < -0.3 is 25.2 Å². The molecule has 0 amide bonds. The molecular weight excluding hydrogens is 564 g/mol. The third kappa shape index (κ3) is 5.05. The molecule has 6 nitrogen and oxygen atoms in total. The number of carbonyl (C=O) groups is 1. The van der Waals surface area contributed by atoms with E-state index in [4.69, 9.17) is 4.74 Å². The zero-order valence-corrected chi connectivity index (χ0v) is 28.8. The minimum absolute atomic E-state index is 0.0717. The molecule has 1 aromatic carbocycles. The van der Waals surface area contributed by atoms with Gasteiger partial charge in [0.15, 0.2) is 11.5 Å². The van der Waals surface area contributed by atoms with Crippen LogP contribution < -0.4 is 0 Å². The molecule has 10 atom stereocenters. The van der Waals surface area contributed by atoms with Crippen LogP contribution in [0.2, 0.25) is 0 Å². The van der Waals surface area contributed by atoms with Crippen LogP contribution in [0.3, 0.4) is 0 Å². The molecule has 5 fully saturated rings. The number of aromatic hydroxyl groups is 2. The molecular formula is C39H60O6. The van der Waals surface area contributed by atoms with Gasteiger partial charge in [-0.15, -0.1) is 0 Å². The smallest absolute Gasteiger partial charge is 0.306 e. The third-order valence-corrected chi connectivity index (χ3v) is 15.7. The summed E-state index contributed by atoms with van der Waals surface area (Å²) in [5.41, 5.74) is 1.23. The van der Waals surface area contributed by atoms with Crippen molar-refractivity contribution in [2.45, 2.75) is 131 Å². The molecule has 45 heavy (non-hydrogen) atoms. The van der Waals surface area contributed by atoms with E-state index in [2.05, 4.69) is 41.5 Å². The number of carbonyl (C=O) groups excluding carboxylic acids is 1. The molecule has 5 saturated carbocycles. The van der Waals surface area contributed by atoms with Crippen molar-refractivity contribution < 1.29 is 30.0 Å². The maximum atomic E-state index is 13.0. The monoisotopic (exact) mass is 624 g/mol. The summed E-state index contributed by atoms with van der Waals surface area (Å²) in [5, 5.41) is 41.7. The highest BCUT2D eigenvalue weighted by Crippen LogP contribution is 2.77. The second kappa shape index (κ2) is 11.1. The van der Waals surface area contributed by atoms with Crippen molar-refractivity contribution in [3.05, 3.63) is 23.8 Å². The van der Waals surface area contributed by atoms with Crippen molar-refractivity contribution in [3.63, 3.8) is 0 Å². The molecule has 0 radical (unpaired) electrons. The van der Waals surface area contributed by atoms with Crippen LogP contribution in [0.15, 0.2) is 18.2 Å². The minimum Gasteiger partial charge on any atom is -0.504 e. The third-order valence-electron chi connectivity index (χ3n) is 15.7. The van der Waals surface area contributed by atoms with E-state index in [-0.39, 0.29) is 58.1 Å². The average molecular weight is 625 g/mol. The van der Waals surface area contributed by atoms with Crippen molar-refractivity contribution in [1.82, 2.24) is 0 Å². The Kier molecular flexibility index (Phi) is 8.20. The summed E-state index contributed by atoms with van der Waals surface area (Å²) < 4.78 is 5.96. The minimum atomic E-state index is -0.502. The van der Waals surface area contributed by atoms with Gasteiger partial charge in [0.05, 0.1) is 12.7 Å². The van der Waals surface area contributed by atoms with E-state index in [0.717, 1.165) is 37.7 Å². The summed E-state index contributed by atoms with van der Waals surface area (Å²) in [6.45, 7) is 15.4. The van der Waals surface area contributed by atoms with Crippen LogP contribution in [0.1, 0.15) is 124 Å². The number of aliphatic hydroxyl groups is 2. The summed E-state index contributed by atoms with van der Waals surface area (Å²) >= 11 is 0. The second-order valence-corrected chi connectivity index (χ2v) is 18.2. The molecule has 0 aromatic heterocycles. The van der Waals surface area contributed by atoms with Crippen molar-refractivity contribution in [3.8, 4) is 11.5 Å². The Labute approximate surface area is 271 Å². The van der Waals surface area contributed by atoms with Gasteiger partial charge in [-0.25, -0.2) is 0 Å². The Bertz CT molecular complexity index is 1290. The molecule has 0 bridgehead atoms. The summed E-state index contributed by atoms with van der Waals surface area (Å²) in [6.07, 6.45) is 12.5. The van der Waals surface area contributed by atoms with Crippen LogP contribution in [-0.4, -0.2) is 45.7 Å². The van der Waals surface area contributed by atoms with Gasteiger partial charge in [-0.1, -0.05) is 47.6 Å². The first-order chi connectivity index (χ1) is 21.0. The standard InChI is InChI=1S/C39H60O6/c1-34(2)17-19-39(23-40)20-18-37(5)26(27(39)22-34)9-11-31-35(3)15-14-32(43)36(4,30(35)13-16-38(31,37)6)24-45-33(44)12-8-25-7-10-28(41)29(42)21-25/h7,10,21,26-27,30-32,40-43H,8-9,11-20,22-24H2,1-6H3/t26-,27-,30-,31-,32+,35+,36+,37-,38-,39-/m1/s1. The Balaban J connectivity index is 1.20. The first kappa shape index (κ1) is 33.1. The lowest BCUT2D eigenvalue weighted by Crippen LogP contribution is -2.68. The van der Waals surface area contributed by atoms with E-state index < -0.39 is 11.5 Å². The summed E-state index contributed by atoms with van der Waals surface area (Å²) in [7, 11) is 0. The van der Waals surface area contributed by atoms with Gasteiger partial charge >= 0.3 is 5.97 Å². The molecule has 4 N–H and O–H groups in total. The largest absolute Gasteiger partial charge is 0.504 e. The number of hydrogen-bond donors (Lipinski definition) is 4. The topological polar surface area (TPSA) is 107 Å². The summed E-state index contributed by atoms with van der Waals surface area (Å²) in [6, 6.07) is 4.63. The van der Waals surface area contributed by atoms with E-state index in [0.29, 0.717) is 36.2 Å². The normalized spacial score (nSPS) is 45.4. The SMILES string of the molecule is CC1(C)CC[C@]2(CO)CC[C@]3(C)[C@H](CC[C@@H]4[C@@]5(C)CC[C@H](O)[C@@](C)(COC(=O)CCc6ccc(O)c(O)c6)[C@@H]5CC[C@]43C)[C@H]2C1. The molecule has 252 valence electrons. The lowest BCUT2D eigenvalue weighted by molar-refractivity contribution is -0.263. The van der Waals surface area contributed by atoms with Gasteiger partial charge in [-0.05, 0) is 145 Å². The van der Waals surface area contributed by atoms with Crippen molar-refractivity contribution in [2.24, 2.45) is 56.2 Å². The zero-order valence-electron chi connectivity index (χ0n) is 28.8. The summed E-state index contributed by atoms with van der Waals surface area (Å²) in [5.74, 6) is 1.44. The fraction of sp³-hybridized carbons (Fsp3) is 0.821. The van der Waals surface area contributed by atoms with Gasteiger partial charge in [0.25, 0.3) is 0 Å². The van der Waals surface area contributed by atoms with Crippen LogP contribution in [0.25, 0.3) is 0 Å². The highest BCUT2D eigenvalue weighted by atomic mass is 16.5. The highest BCUT2D eigenvalue weighted by molar-refractivity contribution is 5.69. The van der Waals surface area contributed by atoms with E-state index >= 15 is 0 Å². The van der Waals surface area contributed by atoms with Gasteiger partial charge in [0.2, 0.25) is 0 Å². The van der Waals surface area contributed by atoms with Crippen molar-refractivity contribution >= 4 is 5.97 Å². The predicted octanol–water partition coefficient (Wildman–Crippen LogP) is 7.79. The Morgan fingerprint density at radius 3 is 2.27 bits per heavy atom. The number of esters is 1. The fourth-order valence-corrected chi connectivity index (χ4v) is 12.7. The molecule has 0 spiro atoms. The molecule has 6 heteroatoms. The van der Waals surface area contributed by atoms with E-state index in [9.17, 15) is 25.2 Å². The molecule has 0 heterocycles. The zero-order chi connectivity index (χ0) is 32.6. The van der Waals surface area contributed by atoms with Crippen LogP contribution in [0.5, 0.6) is 11.5 Å². The van der Waals surface area contributed by atoms with E-state index in [1.54, 1.807) is 6.07 Å². The van der Waals surface area contributed by atoms with Crippen LogP contribution in [0, 0.1) is 56.2 Å². The van der Waals surface area contributed by atoms with E-state index in [1.165, 1.54) is 50.7 Å². The first-order valence-electron chi connectivity index (χ1n) is 18.0. The Morgan fingerprint density at radius 2 is 1.56 bits per heavy atom. The average Bonchev–Trinajstić information content (AvgIpc) is 2.99. The Morgan fingerprint density at radius 1 is 0.822 bits per heavy atom. The Hall–Kier alpha value is -1.79. The predicted molar refractivity (Wildman–Crippen MR) is 176 cm³/mol. The lowest BCUT2D eigenvalue weighted by Gasteiger charge is -2.73. The van der Waals surface area contributed by atoms with Gasteiger partial charge in [0.1, 0.15) is 0 Å².